The van der Waals surface area contributed by atoms with Crippen molar-refractivity contribution >= 4 is 23.2 Å². The third kappa shape index (κ3) is 2.71. The first-order valence-corrected chi connectivity index (χ1v) is 7.55. The highest BCUT2D eigenvalue weighted by Crippen LogP contribution is 2.35. The Morgan fingerprint density at radius 3 is 2.30 bits per heavy atom. The number of benzene rings is 2. The fraction of sp³-hybridized carbons (Fsp3) is 0.294. The Morgan fingerprint density at radius 1 is 0.950 bits per heavy atom. The number of aryl methyl sites for hydroxylation is 1. The van der Waals surface area contributed by atoms with Crippen LogP contribution in [0.15, 0.2) is 42.5 Å². The Kier molecular flexibility index (Phi) is 3.76. The lowest BCUT2D eigenvalue weighted by atomic mass is 9.77. The minimum atomic E-state index is -0.761. The maximum absolute atomic E-state index is 10.9. The lowest BCUT2D eigenvalue weighted by Crippen LogP contribution is -2.38. The van der Waals surface area contributed by atoms with Gasteiger partial charge in [-0.2, -0.15) is 0 Å². The molecule has 2 aromatic rings. The van der Waals surface area contributed by atoms with Crippen LogP contribution in [0.3, 0.4) is 0 Å². The van der Waals surface area contributed by atoms with Crippen molar-refractivity contribution in [3.63, 3.8) is 0 Å². The van der Waals surface area contributed by atoms with Crippen molar-refractivity contribution in [3.05, 3.63) is 69.2 Å². The highest BCUT2D eigenvalue weighted by atomic mass is 35.5. The third-order valence-electron chi connectivity index (χ3n) is 4.07. The van der Waals surface area contributed by atoms with E-state index in [9.17, 15) is 5.11 Å². The lowest BCUT2D eigenvalue weighted by molar-refractivity contribution is 0.0267. The average Bonchev–Trinajstić information content (AvgIpc) is 2.43. The highest BCUT2D eigenvalue weighted by Gasteiger charge is 2.33. The molecule has 0 saturated heterocycles. The molecule has 0 radical (unpaired) electrons. The molecule has 3 heteroatoms. The van der Waals surface area contributed by atoms with Gasteiger partial charge in [0.25, 0.3) is 0 Å². The predicted octanol–water partition coefficient (Wildman–Crippen LogP) is 4.46. The van der Waals surface area contributed by atoms with Crippen molar-refractivity contribution in [2.75, 3.05) is 0 Å². The Hall–Kier alpha value is -1.02. The Morgan fingerprint density at radius 2 is 1.60 bits per heavy atom. The van der Waals surface area contributed by atoms with Gasteiger partial charge in [-0.25, -0.2) is 0 Å². The molecule has 104 valence electrons. The summed E-state index contributed by atoms with van der Waals surface area (Å²) in [6.07, 6.45) is 2.80. The molecule has 1 N–H and O–H groups in total. The second-order valence-electron chi connectivity index (χ2n) is 5.55. The van der Waals surface area contributed by atoms with Crippen LogP contribution in [-0.4, -0.2) is 10.7 Å². The molecule has 2 aromatic carbocycles. The number of hydrogen-bond donors (Lipinski definition) is 1. The normalized spacial score (nSPS) is 21.6. The summed E-state index contributed by atoms with van der Waals surface area (Å²) in [5.74, 6) is 0. The summed E-state index contributed by atoms with van der Waals surface area (Å²) < 4.78 is 0. The van der Waals surface area contributed by atoms with Crippen LogP contribution in [0.1, 0.15) is 23.1 Å². The number of halogens is 2. The van der Waals surface area contributed by atoms with Gasteiger partial charge in [-0.05, 0) is 41.7 Å². The number of aliphatic hydroxyl groups is 1. The maximum atomic E-state index is 10.9. The minimum absolute atomic E-state index is 0.500. The molecule has 1 aliphatic carbocycles. The summed E-state index contributed by atoms with van der Waals surface area (Å²) >= 11 is 12.4. The zero-order chi connectivity index (χ0) is 14.2. The molecule has 0 fully saturated rings. The van der Waals surface area contributed by atoms with E-state index >= 15 is 0 Å². The topological polar surface area (TPSA) is 20.2 Å². The van der Waals surface area contributed by atoms with Crippen LogP contribution >= 0.6 is 23.2 Å². The molecule has 1 unspecified atom stereocenters. The van der Waals surface area contributed by atoms with Crippen molar-refractivity contribution in [2.45, 2.75) is 31.3 Å². The summed E-state index contributed by atoms with van der Waals surface area (Å²) in [7, 11) is 0. The second kappa shape index (κ2) is 5.40. The minimum Gasteiger partial charge on any atom is -0.389 e. The Labute approximate surface area is 129 Å². The van der Waals surface area contributed by atoms with Gasteiger partial charge in [0.15, 0.2) is 0 Å². The van der Waals surface area contributed by atoms with Crippen molar-refractivity contribution in [3.8, 4) is 0 Å². The third-order valence-corrected chi connectivity index (χ3v) is 4.77. The van der Waals surface area contributed by atoms with Crippen LogP contribution in [0.2, 0.25) is 10.0 Å². The molecule has 0 heterocycles. The quantitative estimate of drug-likeness (QED) is 0.868. The molecule has 1 aliphatic rings. The predicted molar refractivity (Wildman–Crippen MR) is 83.6 cm³/mol. The van der Waals surface area contributed by atoms with Crippen LogP contribution in [0.5, 0.6) is 0 Å². The molecule has 0 bridgehead atoms. The van der Waals surface area contributed by atoms with E-state index in [4.69, 9.17) is 23.2 Å². The molecule has 3 rings (SSSR count). The molecule has 0 saturated carbocycles. The molecule has 0 aliphatic heterocycles. The largest absolute Gasteiger partial charge is 0.389 e. The maximum Gasteiger partial charge on any atom is 0.0732 e. The SMILES string of the molecule is OC1(Cc2c(Cl)cccc2Cl)CCc2ccccc2C1. The Bertz CT molecular complexity index is 618. The van der Waals surface area contributed by atoms with E-state index in [1.807, 2.05) is 30.3 Å². The molecular formula is C17H16Cl2O. The van der Waals surface area contributed by atoms with Crippen molar-refractivity contribution in [2.24, 2.45) is 0 Å². The first-order valence-electron chi connectivity index (χ1n) is 6.79. The zero-order valence-corrected chi connectivity index (χ0v) is 12.6. The van der Waals surface area contributed by atoms with Gasteiger partial charge in [0.2, 0.25) is 0 Å². The smallest absolute Gasteiger partial charge is 0.0732 e. The van der Waals surface area contributed by atoms with E-state index in [0.29, 0.717) is 22.9 Å². The fourth-order valence-corrected chi connectivity index (χ4v) is 3.50. The molecule has 0 aromatic heterocycles. The zero-order valence-electron chi connectivity index (χ0n) is 11.1. The summed E-state index contributed by atoms with van der Waals surface area (Å²) in [6.45, 7) is 0. The van der Waals surface area contributed by atoms with Crippen LogP contribution < -0.4 is 0 Å². The summed E-state index contributed by atoms with van der Waals surface area (Å²) in [6, 6.07) is 13.8. The van der Waals surface area contributed by atoms with Gasteiger partial charge < -0.3 is 5.11 Å². The summed E-state index contributed by atoms with van der Waals surface area (Å²) in [5.41, 5.74) is 2.65. The van der Waals surface area contributed by atoms with E-state index in [1.165, 1.54) is 11.1 Å². The molecule has 0 amide bonds. The van der Waals surface area contributed by atoms with E-state index in [-0.39, 0.29) is 0 Å². The van der Waals surface area contributed by atoms with Gasteiger partial charge in [-0.1, -0.05) is 53.5 Å². The second-order valence-corrected chi connectivity index (χ2v) is 6.36. The monoisotopic (exact) mass is 306 g/mol. The first-order chi connectivity index (χ1) is 9.57. The standard InChI is InChI=1S/C17H16Cl2O/c18-15-6-3-7-16(19)14(15)11-17(20)9-8-12-4-1-2-5-13(12)10-17/h1-7,20H,8-11H2. The number of hydrogen-bond acceptors (Lipinski definition) is 1. The van der Waals surface area contributed by atoms with E-state index < -0.39 is 5.60 Å². The van der Waals surface area contributed by atoms with Gasteiger partial charge in [0, 0.05) is 22.9 Å². The van der Waals surface area contributed by atoms with Gasteiger partial charge in [-0.15, -0.1) is 0 Å². The lowest BCUT2D eigenvalue weighted by Gasteiger charge is -2.34. The molecule has 20 heavy (non-hydrogen) atoms. The molecule has 1 nitrogen and oxygen atoms in total. The number of fused-ring (bicyclic) bond motifs is 1. The van der Waals surface area contributed by atoms with Gasteiger partial charge in [0.05, 0.1) is 5.60 Å². The van der Waals surface area contributed by atoms with Crippen LogP contribution in [0.4, 0.5) is 0 Å². The summed E-state index contributed by atoms with van der Waals surface area (Å²) in [5, 5.41) is 12.2. The van der Waals surface area contributed by atoms with Gasteiger partial charge in [0.1, 0.15) is 0 Å². The van der Waals surface area contributed by atoms with Crippen molar-refractivity contribution < 1.29 is 5.11 Å². The summed E-state index contributed by atoms with van der Waals surface area (Å²) in [4.78, 5) is 0. The highest BCUT2D eigenvalue weighted by molar-refractivity contribution is 6.36. The van der Waals surface area contributed by atoms with E-state index in [2.05, 4.69) is 12.1 Å². The van der Waals surface area contributed by atoms with Crippen molar-refractivity contribution in [1.82, 2.24) is 0 Å². The molecule has 1 atom stereocenters. The molecule has 0 spiro atoms. The van der Waals surface area contributed by atoms with Crippen LogP contribution in [0.25, 0.3) is 0 Å². The Balaban J connectivity index is 1.88. The van der Waals surface area contributed by atoms with Gasteiger partial charge >= 0.3 is 0 Å². The van der Waals surface area contributed by atoms with E-state index in [1.54, 1.807) is 0 Å². The first kappa shape index (κ1) is 13.9. The number of rotatable bonds is 2. The fourth-order valence-electron chi connectivity index (χ4n) is 2.97. The van der Waals surface area contributed by atoms with E-state index in [0.717, 1.165) is 18.4 Å². The molecular weight excluding hydrogens is 291 g/mol. The van der Waals surface area contributed by atoms with Crippen LogP contribution in [0, 0.1) is 0 Å². The average molecular weight is 307 g/mol. The van der Waals surface area contributed by atoms with Crippen LogP contribution in [-0.2, 0) is 19.3 Å². The van der Waals surface area contributed by atoms with Crippen molar-refractivity contribution in [1.29, 1.82) is 0 Å². The van der Waals surface area contributed by atoms with Gasteiger partial charge in [-0.3, -0.25) is 0 Å².